The van der Waals surface area contributed by atoms with Crippen molar-refractivity contribution in [2.45, 2.75) is 70.8 Å². The molecule has 1 aromatic rings. The average Bonchev–Trinajstić information content (AvgIpc) is 2.79. The van der Waals surface area contributed by atoms with E-state index >= 15 is 0 Å². The molecule has 1 aliphatic carbocycles. The lowest BCUT2D eigenvalue weighted by molar-refractivity contribution is -0.122. The third-order valence-corrected chi connectivity index (χ3v) is 6.81. The molecule has 164 valence electrons. The van der Waals surface area contributed by atoms with Crippen molar-refractivity contribution in [3.05, 3.63) is 29.8 Å². The van der Waals surface area contributed by atoms with Crippen LogP contribution >= 0.6 is 0 Å². The molecule has 1 saturated heterocycles. The van der Waals surface area contributed by atoms with Crippen molar-refractivity contribution in [2.75, 3.05) is 37.6 Å². The van der Waals surface area contributed by atoms with Crippen LogP contribution in [0.25, 0.3) is 0 Å². The lowest BCUT2D eigenvalue weighted by atomic mass is 9.84. The molecule has 1 aromatic carbocycles. The molecule has 30 heavy (non-hydrogen) atoms. The highest BCUT2D eigenvalue weighted by molar-refractivity contribution is 5.76. The highest BCUT2D eigenvalue weighted by Gasteiger charge is 2.24. The highest BCUT2D eigenvalue weighted by Crippen LogP contribution is 2.27. The number of hydrogen-bond donors (Lipinski definition) is 1. The summed E-state index contributed by atoms with van der Waals surface area (Å²) in [5, 5.41) is 11.7. The maximum Gasteiger partial charge on any atom is 0.220 e. The second-order valence-electron chi connectivity index (χ2n) is 8.94. The minimum Gasteiger partial charge on any atom is -0.369 e. The van der Waals surface area contributed by atoms with E-state index in [0.717, 1.165) is 51.4 Å². The Balaban J connectivity index is 1.30. The van der Waals surface area contributed by atoms with E-state index in [1.165, 1.54) is 37.1 Å². The zero-order valence-electron chi connectivity index (χ0n) is 18.6. The van der Waals surface area contributed by atoms with Crippen molar-refractivity contribution >= 4 is 11.6 Å². The average molecular weight is 411 g/mol. The smallest absolute Gasteiger partial charge is 0.220 e. The maximum absolute atomic E-state index is 11.9. The number of unbranched alkanes of at least 4 members (excludes halogenated alkanes) is 1. The Kier molecular flexibility index (Phi) is 9.01. The lowest BCUT2D eigenvalue weighted by Gasteiger charge is -2.37. The zero-order chi connectivity index (χ0) is 21.2. The van der Waals surface area contributed by atoms with Gasteiger partial charge in [0.15, 0.2) is 0 Å². The number of anilines is 1. The normalized spacial score (nSPS) is 22.5. The quantitative estimate of drug-likeness (QED) is 0.622. The van der Waals surface area contributed by atoms with E-state index in [2.05, 4.69) is 52.4 Å². The van der Waals surface area contributed by atoms with Crippen LogP contribution in [0.1, 0.15) is 63.9 Å². The molecule has 0 unspecified atom stereocenters. The Morgan fingerprint density at radius 3 is 2.63 bits per heavy atom. The van der Waals surface area contributed by atoms with Gasteiger partial charge in [-0.25, -0.2) is 0 Å². The summed E-state index contributed by atoms with van der Waals surface area (Å²) in [7, 11) is 0. The number of carbonyl (C=O) groups is 1. The molecule has 0 atom stereocenters. The summed E-state index contributed by atoms with van der Waals surface area (Å²) in [4.78, 5) is 17.1. The summed E-state index contributed by atoms with van der Waals surface area (Å²) < 4.78 is 0. The summed E-state index contributed by atoms with van der Waals surface area (Å²) >= 11 is 0. The fraction of sp³-hybridized carbons (Fsp3) is 0.680. The van der Waals surface area contributed by atoms with E-state index in [9.17, 15) is 4.79 Å². The van der Waals surface area contributed by atoms with Crippen LogP contribution in [-0.2, 0) is 11.2 Å². The molecule has 2 aliphatic rings. The first-order chi connectivity index (χ1) is 14.7. The number of aryl methyl sites for hydroxylation is 1. The van der Waals surface area contributed by atoms with Crippen LogP contribution in [0.3, 0.4) is 0 Å². The van der Waals surface area contributed by atoms with E-state index in [-0.39, 0.29) is 5.91 Å². The van der Waals surface area contributed by atoms with Gasteiger partial charge in [0.05, 0.1) is 6.07 Å². The van der Waals surface area contributed by atoms with Crippen molar-refractivity contribution < 1.29 is 4.79 Å². The van der Waals surface area contributed by atoms with Gasteiger partial charge in [0, 0.05) is 50.7 Å². The predicted molar refractivity (Wildman–Crippen MR) is 122 cm³/mol. The van der Waals surface area contributed by atoms with Gasteiger partial charge in [-0.05, 0) is 75.1 Å². The van der Waals surface area contributed by atoms with E-state index in [0.29, 0.717) is 25.3 Å². The number of carbonyl (C=O) groups excluding carboxylic acids is 1. The molecule has 0 aromatic heterocycles. The predicted octanol–water partition coefficient (Wildman–Crippen LogP) is 4.13. The summed E-state index contributed by atoms with van der Waals surface area (Å²) in [6.45, 7) is 7.98. The van der Waals surface area contributed by atoms with E-state index in [1.807, 2.05) is 0 Å². The molecular weight excluding hydrogens is 372 g/mol. The largest absolute Gasteiger partial charge is 0.369 e. The van der Waals surface area contributed by atoms with Crippen molar-refractivity contribution in [2.24, 2.45) is 5.92 Å². The first kappa shape index (κ1) is 22.6. The molecule has 0 spiro atoms. The van der Waals surface area contributed by atoms with Crippen LogP contribution in [0.2, 0.25) is 0 Å². The van der Waals surface area contributed by atoms with Crippen molar-refractivity contribution in [1.29, 1.82) is 5.26 Å². The SMILES string of the molecule is CCc1cccc(N2CCN(CC[C@H]3CC[C@H](NC(=O)CCCC#N)CC3)CC2)c1. The standard InChI is InChI=1S/C25H38N4O/c1-2-21-6-5-7-24(20-21)29-18-16-28(17-19-29)15-13-22-9-11-23(12-10-22)27-25(30)8-3-4-14-26/h5-7,20,22-23H,2-4,8-13,15-19H2,1H3,(H,27,30)/t22-,23-. The van der Waals surface area contributed by atoms with Gasteiger partial charge < -0.3 is 10.2 Å². The Bertz CT molecular complexity index is 697. The first-order valence-corrected chi connectivity index (χ1v) is 11.9. The molecule has 5 nitrogen and oxygen atoms in total. The molecular formula is C25H38N4O. The number of nitriles is 1. The first-order valence-electron chi connectivity index (χ1n) is 11.9. The lowest BCUT2D eigenvalue weighted by Crippen LogP contribution is -2.47. The highest BCUT2D eigenvalue weighted by atomic mass is 16.1. The number of rotatable bonds is 9. The topological polar surface area (TPSA) is 59.4 Å². The van der Waals surface area contributed by atoms with Crippen LogP contribution in [-0.4, -0.2) is 49.6 Å². The fourth-order valence-electron chi connectivity index (χ4n) is 4.79. The number of nitrogens with one attached hydrogen (secondary N) is 1. The maximum atomic E-state index is 11.9. The van der Waals surface area contributed by atoms with Gasteiger partial charge in [0.1, 0.15) is 0 Å². The van der Waals surface area contributed by atoms with Gasteiger partial charge in [0.25, 0.3) is 0 Å². The van der Waals surface area contributed by atoms with Crippen LogP contribution < -0.4 is 10.2 Å². The van der Waals surface area contributed by atoms with E-state index < -0.39 is 0 Å². The molecule has 1 aliphatic heterocycles. The van der Waals surface area contributed by atoms with Crippen LogP contribution in [0.5, 0.6) is 0 Å². The number of nitrogens with zero attached hydrogens (tertiary/aromatic N) is 3. The molecule has 1 amide bonds. The Labute approximate surface area is 182 Å². The second kappa shape index (κ2) is 12.0. The number of amides is 1. The molecule has 0 radical (unpaired) electrons. The Hall–Kier alpha value is -2.06. The van der Waals surface area contributed by atoms with Gasteiger partial charge in [0.2, 0.25) is 5.91 Å². The third-order valence-electron chi connectivity index (χ3n) is 6.81. The third kappa shape index (κ3) is 7.02. The molecule has 1 N–H and O–H groups in total. The van der Waals surface area contributed by atoms with Crippen LogP contribution in [0.4, 0.5) is 5.69 Å². The number of hydrogen-bond acceptors (Lipinski definition) is 4. The molecule has 1 heterocycles. The molecule has 2 fully saturated rings. The monoisotopic (exact) mass is 410 g/mol. The fourth-order valence-corrected chi connectivity index (χ4v) is 4.79. The molecule has 5 heteroatoms. The van der Waals surface area contributed by atoms with Crippen molar-refractivity contribution in [1.82, 2.24) is 10.2 Å². The van der Waals surface area contributed by atoms with Crippen molar-refractivity contribution in [3.8, 4) is 6.07 Å². The summed E-state index contributed by atoms with van der Waals surface area (Å²) in [5.74, 6) is 0.923. The molecule has 3 rings (SSSR count). The van der Waals surface area contributed by atoms with Gasteiger partial charge in [-0.2, -0.15) is 5.26 Å². The Morgan fingerprint density at radius 1 is 1.17 bits per heavy atom. The van der Waals surface area contributed by atoms with Crippen molar-refractivity contribution in [3.63, 3.8) is 0 Å². The van der Waals surface area contributed by atoms with Gasteiger partial charge in [-0.15, -0.1) is 0 Å². The number of benzene rings is 1. The van der Waals surface area contributed by atoms with Gasteiger partial charge in [-0.3, -0.25) is 9.69 Å². The summed E-state index contributed by atoms with van der Waals surface area (Å²) in [5.41, 5.74) is 2.80. The second-order valence-corrected chi connectivity index (χ2v) is 8.94. The molecule has 1 saturated carbocycles. The van der Waals surface area contributed by atoms with Gasteiger partial charge >= 0.3 is 0 Å². The van der Waals surface area contributed by atoms with Crippen LogP contribution in [0.15, 0.2) is 24.3 Å². The number of piperazine rings is 1. The summed E-state index contributed by atoms with van der Waals surface area (Å²) in [6.07, 6.45) is 8.69. The molecule has 0 bridgehead atoms. The minimum atomic E-state index is 0.121. The van der Waals surface area contributed by atoms with E-state index in [1.54, 1.807) is 0 Å². The minimum absolute atomic E-state index is 0.121. The summed E-state index contributed by atoms with van der Waals surface area (Å²) in [6, 6.07) is 11.4. The van der Waals surface area contributed by atoms with Crippen LogP contribution in [0, 0.1) is 17.2 Å². The Morgan fingerprint density at radius 2 is 1.93 bits per heavy atom. The van der Waals surface area contributed by atoms with E-state index in [4.69, 9.17) is 5.26 Å². The zero-order valence-corrected chi connectivity index (χ0v) is 18.6. The van der Waals surface area contributed by atoms with Gasteiger partial charge in [-0.1, -0.05) is 19.1 Å².